The van der Waals surface area contributed by atoms with Gasteiger partial charge < -0.3 is 0 Å². The third-order valence-electron chi connectivity index (χ3n) is 1.56. The molecule has 1 aromatic heterocycles. The fraction of sp³-hybridized carbons (Fsp3) is 0.333. The third-order valence-corrected chi connectivity index (χ3v) is 5.20. The van der Waals surface area contributed by atoms with Crippen LogP contribution in [0.3, 0.4) is 0 Å². The first-order valence-electron chi connectivity index (χ1n) is 4.41. The van der Waals surface area contributed by atoms with Crippen molar-refractivity contribution in [3.63, 3.8) is 0 Å². The molecule has 1 atom stereocenters. The molecule has 1 aromatic rings. The Morgan fingerprint density at radius 2 is 2.50 bits per heavy atom. The van der Waals surface area contributed by atoms with E-state index in [1.165, 1.54) is 21.6 Å². The average Bonchev–Trinajstić information content (AvgIpc) is 2.29. The molecule has 0 saturated carbocycles. The summed E-state index contributed by atoms with van der Waals surface area (Å²) in [5, 5.41) is 9.82. The van der Waals surface area contributed by atoms with Crippen LogP contribution >= 0.6 is 21.6 Å². The van der Waals surface area contributed by atoms with Crippen molar-refractivity contribution >= 4 is 27.6 Å². The second-order valence-electron chi connectivity index (χ2n) is 2.72. The Balaban J connectivity index is 2.31. The molecule has 0 saturated heterocycles. The van der Waals surface area contributed by atoms with Crippen LogP contribution in [-0.4, -0.2) is 32.8 Å². The number of alkyl halides is 1. The molecule has 16 heavy (non-hydrogen) atoms. The number of rotatable bonds is 7. The van der Waals surface area contributed by atoms with Gasteiger partial charge in [-0.05, 0) is 0 Å². The van der Waals surface area contributed by atoms with E-state index in [0.29, 0.717) is 5.75 Å². The van der Waals surface area contributed by atoms with Crippen molar-refractivity contribution in [1.29, 1.82) is 0 Å². The van der Waals surface area contributed by atoms with Crippen LogP contribution in [0.5, 0.6) is 0 Å². The number of carbonyl (C=O) groups is 1. The van der Waals surface area contributed by atoms with Crippen LogP contribution in [0, 0.1) is 0 Å². The van der Waals surface area contributed by atoms with Gasteiger partial charge in [0.15, 0.2) is 0 Å². The van der Waals surface area contributed by atoms with E-state index < -0.39 is 12.0 Å². The van der Waals surface area contributed by atoms with Gasteiger partial charge in [-0.25, -0.2) is 0 Å². The van der Waals surface area contributed by atoms with E-state index in [2.05, 4.69) is 8.51 Å². The van der Waals surface area contributed by atoms with Crippen molar-refractivity contribution < 1.29 is 31.4 Å². The van der Waals surface area contributed by atoms with Gasteiger partial charge in [-0.2, -0.15) is 0 Å². The summed E-state index contributed by atoms with van der Waals surface area (Å²) in [4.78, 5) is 17.0. The van der Waals surface area contributed by atoms with Crippen LogP contribution in [0.25, 0.3) is 0 Å². The molecule has 0 spiro atoms. The molecular weight excluding hydrogens is 359 g/mol. The van der Waals surface area contributed by atoms with Crippen molar-refractivity contribution in [2.45, 2.75) is 11.1 Å². The molecule has 1 unspecified atom stereocenters. The standard InChI is InChI=1S/C9H12IN2O2S2/c1-10-12-7(9(13)14)6-15-16-8-4-2-3-5-11-8/h2-5,7,12H,6H2,1H3,(H,13,14)/q-1. The number of carboxylic acids is 1. The number of aliphatic carboxylic acids is 1. The number of hydrogen-bond donors (Lipinski definition) is 2. The molecule has 0 radical (unpaired) electrons. The fourth-order valence-electron chi connectivity index (χ4n) is 0.840. The van der Waals surface area contributed by atoms with E-state index in [0.717, 1.165) is 5.03 Å². The predicted octanol–water partition coefficient (Wildman–Crippen LogP) is -1.50. The predicted molar refractivity (Wildman–Crippen MR) is 63.0 cm³/mol. The summed E-state index contributed by atoms with van der Waals surface area (Å²) in [7, 11) is 3.02. The number of hydrogen-bond acceptors (Lipinski definition) is 5. The van der Waals surface area contributed by atoms with E-state index in [1.807, 2.05) is 23.1 Å². The molecule has 0 amide bonds. The number of nitrogens with zero attached hydrogens (tertiary/aromatic N) is 1. The molecule has 2 N–H and O–H groups in total. The van der Waals surface area contributed by atoms with Gasteiger partial charge in [0.25, 0.3) is 0 Å². The summed E-state index contributed by atoms with van der Waals surface area (Å²) >= 11 is -0.208. The molecule has 4 nitrogen and oxygen atoms in total. The van der Waals surface area contributed by atoms with Crippen molar-refractivity contribution in [2.24, 2.45) is 0 Å². The van der Waals surface area contributed by atoms with E-state index >= 15 is 0 Å². The number of aromatic nitrogens is 1. The third kappa shape index (κ3) is 5.37. The summed E-state index contributed by atoms with van der Waals surface area (Å²) in [5.74, 6) is -0.236. The van der Waals surface area contributed by atoms with E-state index in [9.17, 15) is 4.79 Å². The second-order valence-corrected chi connectivity index (χ2v) is 6.79. The first kappa shape index (κ1) is 14.1. The summed E-state index contributed by atoms with van der Waals surface area (Å²) in [6.07, 6.45) is 1.73. The molecule has 1 rings (SSSR count). The molecule has 0 aliphatic carbocycles. The summed E-state index contributed by atoms with van der Waals surface area (Å²) < 4.78 is 3.02. The molecule has 0 fully saturated rings. The van der Waals surface area contributed by atoms with Crippen molar-refractivity contribution in [2.75, 3.05) is 10.7 Å². The Kier molecular flexibility index (Phi) is 7.17. The van der Waals surface area contributed by atoms with Gasteiger partial charge in [-0.1, -0.05) is 0 Å². The fourth-order valence-corrected chi connectivity index (χ4v) is 4.44. The monoisotopic (exact) mass is 371 g/mol. The Hall–Kier alpha value is 0.0100. The Morgan fingerprint density at radius 3 is 3.06 bits per heavy atom. The van der Waals surface area contributed by atoms with Crippen LogP contribution in [0.15, 0.2) is 29.4 Å². The van der Waals surface area contributed by atoms with E-state index in [-0.39, 0.29) is 21.5 Å². The second kappa shape index (κ2) is 8.15. The molecular formula is C9H12IN2O2S2-. The molecule has 0 aliphatic rings. The Morgan fingerprint density at radius 1 is 1.69 bits per heavy atom. The summed E-state index contributed by atoms with van der Waals surface area (Å²) in [6.45, 7) is 0. The quantitative estimate of drug-likeness (QED) is 0.263. The summed E-state index contributed by atoms with van der Waals surface area (Å²) in [6, 6.07) is 5.24. The number of halogens is 1. The molecule has 90 valence electrons. The van der Waals surface area contributed by atoms with Gasteiger partial charge in [0, 0.05) is 0 Å². The van der Waals surface area contributed by atoms with Gasteiger partial charge in [0.1, 0.15) is 0 Å². The molecule has 0 aliphatic heterocycles. The average molecular weight is 371 g/mol. The number of pyridine rings is 1. The minimum absolute atomic E-state index is 0.208. The molecule has 1 heterocycles. The van der Waals surface area contributed by atoms with Crippen LogP contribution in [0.2, 0.25) is 0 Å². The Bertz CT molecular complexity index is 327. The Labute approximate surface area is 113 Å². The van der Waals surface area contributed by atoms with Crippen LogP contribution in [-0.2, 0) is 4.79 Å². The minimum atomic E-state index is -0.782. The van der Waals surface area contributed by atoms with Gasteiger partial charge in [-0.3, -0.25) is 0 Å². The van der Waals surface area contributed by atoms with Gasteiger partial charge in [0.05, 0.1) is 0 Å². The SMILES string of the molecule is C[I-]NC(CSSc1ccccn1)C(=O)O. The molecule has 0 aromatic carbocycles. The maximum atomic E-state index is 10.8. The topological polar surface area (TPSA) is 62.2 Å². The van der Waals surface area contributed by atoms with Crippen LogP contribution in [0.4, 0.5) is 0 Å². The van der Waals surface area contributed by atoms with Crippen molar-refractivity contribution in [3.8, 4) is 0 Å². The van der Waals surface area contributed by atoms with Gasteiger partial charge in [0.2, 0.25) is 0 Å². The maximum absolute atomic E-state index is 10.8. The van der Waals surface area contributed by atoms with E-state index in [4.69, 9.17) is 5.11 Å². The van der Waals surface area contributed by atoms with E-state index in [1.54, 1.807) is 6.20 Å². The van der Waals surface area contributed by atoms with Crippen LogP contribution < -0.4 is 25.0 Å². The van der Waals surface area contributed by atoms with Crippen molar-refractivity contribution in [3.05, 3.63) is 24.4 Å². The zero-order valence-corrected chi connectivity index (χ0v) is 12.4. The van der Waals surface area contributed by atoms with Crippen molar-refractivity contribution in [1.82, 2.24) is 8.51 Å². The number of carboxylic acid groups (broad SMARTS) is 1. The number of nitrogens with one attached hydrogen (secondary N) is 1. The normalized spacial score (nSPS) is 12.6. The van der Waals surface area contributed by atoms with Gasteiger partial charge >= 0.3 is 114 Å². The first-order chi connectivity index (χ1) is 7.74. The molecule has 0 bridgehead atoms. The van der Waals surface area contributed by atoms with Gasteiger partial charge in [-0.15, -0.1) is 0 Å². The summed E-state index contributed by atoms with van der Waals surface area (Å²) in [5.41, 5.74) is 0. The first-order valence-corrected chi connectivity index (χ1v) is 9.97. The zero-order valence-electron chi connectivity index (χ0n) is 8.59. The zero-order chi connectivity index (χ0) is 11.8. The van der Waals surface area contributed by atoms with Crippen LogP contribution in [0.1, 0.15) is 0 Å². The molecule has 7 heteroatoms.